The molecule has 0 aliphatic heterocycles. The lowest BCUT2D eigenvalue weighted by Crippen LogP contribution is -2.25. The molecule has 2 aromatic heterocycles. The van der Waals surface area contributed by atoms with Crippen LogP contribution in [-0.2, 0) is 4.79 Å². The van der Waals surface area contributed by atoms with Crippen molar-refractivity contribution < 1.29 is 4.79 Å². The maximum atomic E-state index is 12.0. The second-order valence-electron chi connectivity index (χ2n) is 8.96. The standard InChI is InChI=1S/C26H33N5O/c1-19(7-6-8-20(2)17-24(32)30-25-28-13-14-29-25)9-10-22-21(3)23(11-12-26(22,4)5)31-16-15-27-18-31/h6-10,13-18,23H,11-12H2,1-5H3,(H2,28,29,30,32). The van der Waals surface area contributed by atoms with Gasteiger partial charge in [0.15, 0.2) is 0 Å². The van der Waals surface area contributed by atoms with E-state index in [9.17, 15) is 4.79 Å². The number of nitrogens with zero attached hydrogens (tertiary/aromatic N) is 3. The fourth-order valence-corrected chi connectivity index (χ4v) is 4.11. The van der Waals surface area contributed by atoms with Crippen LogP contribution in [-0.4, -0.2) is 25.4 Å². The van der Waals surface area contributed by atoms with Gasteiger partial charge in [-0.05, 0) is 55.7 Å². The number of H-pyrrole nitrogens is 1. The minimum absolute atomic E-state index is 0.147. The molecule has 0 saturated heterocycles. The fourth-order valence-electron chi connectivity index (χ4n) is 4.11. The number of amides is 1. The van der Waals surface area contributed by atoms with Crippen molar-refractivity contribution >= 4 is 11.9 Å². The van der Waals surface area contributed by atoms with Gasteiger partial charge in [0.1, 0.15) is 0 Å². The largest absolute Gasteiger partial charge is 0.331 e. The molecule has 1 aliphatic carbocycles. The number of imidazole rings is 2. The molecule has 2 heterocycles. The zero-order valence-electron chi connectivity index (χ0n) is 19.6. The van der Waals surface area contributed by atoms with E-state index in [1.807, 2.05) is 31.6 Å². The summed E-state index contributed by atoms with van der Waals surface area (Å²) in [6.07, 6.45) is 23.3. The van der Waals surface area contributed by atoms with Crippen molar-refractivity contribution in [3.63, 3.8) is 0 Å². The first kappa shape index (κ1) is 23.3. The minimum Gasteiger partial charge on any atom is -0.331 e. The van der Waals surface area contributed by atoms with E-state index in [1.165, 1.54) is 11.1 Å². The van der Waals surface area contributed by atoms with E-state index in [4.69, 9.17) is 0 Å². The zero-order valence-corrected chi connectivity index (χ0v) is 19.6. The van der Waals surface area contributed by atoms with Crippen molar-refractivity contribution in [1.82, 2.24) is 19.5 Å². The molecule has 6 nitrogen and oxygen atoms in total. The molecule has 0 radical (unpaired) electrons. The van der Waals surface area contributed by atoms with Crippen molar-refractivity contribution in [2.24, 2.45) is 5.41 Å². The van der Waals surface area contributed by atoms with Crippen molar-refractivity contribution in [2.45, 2.75) is 53.5 Å². The summed E-state index contributed by atoms with van der Waals surface area (Å²) >= 11 is 0. The fraction of sp³-hybridized carbons (Fsp3) is 0.346. The second kappa shape index (κ2) is 10.3. The number of aromatic nitrogens is 4. The van der Waals surface area contributed by atoms with Gasteiger partial charge in [-0.2, -0.15) is 0 Å². The van der Waals surface area contributed by atoms with Gasteiger partial charge in [-0.3, -0.25) is 10.1 Å². The van der Waals surface area contributed by atoms with E-state index >= 15 is 0 Å². The lowest BCUT2D eigenvalue weighted by atomic mass is 9.71. The molecule has 0 saturated carbocycles. The highest BCUT2D eigenvalue weighted by Crippen LogP contribution is 2.45. The molecule has 0 fully saturated rings. The first-order chi connectivity index (χ1) is 15.3. The number of allylic oxidation sites excluding steroid dienone is 9. The van der Waals surface area contributed by atoms with Crippen LogP contribution in [0.15, 0.2) is 89.9 Å². The molecule has 1 amide bonds. The molecule has 1 atom stereocenters. The monoisotopic (exact) mass is 431 g/mol. The van der Waals surface area contributed by atoms with Crippen LogP contribution in [0.2, 0.25) is 0 Å². The molecule has 1 unspecified atom stereocenters. The van der Waals surface area contributed by atoms with E-state index in [0.29, 0.717) is 12.0 Å². The number of hydrogen-bond donors (Lipinski definition) is 2. The van der Waals surface area contributed by atoms with Gasteiger partial charge < -0.3 is 9.55 Å². The Hall–Kier alpha value is -3.41. The van der Waals surface area contributed by atoms with Crippen molar-refractivity contribution in [3.8, 4) is 0 Å². The summed E-state index contributed by atoms with van der Waals surface area (Å²) in [5, 5.41) is 2.68. The van der Waals surface area contributed by atoms with Crippen LogP contribution < -0.4 is 5.32 Å². The Balaban J connectivity index is 1.67. The van der Waals surface area contributed by atoms with Crippen molar-refractivity contribution in [1.29, 1.82) is 0 Å². The van der Waals surface area contributed by atoms with Crippen LogP contribution in [0.3, 0.4) is 0 Å². The summed E-state index contributed by atoms with van der Waals surface area (Å²) in [7, 11) is 0. The highest BCUT2D eigenvalue weighted by molar-refractivity contribution is 5.98. The number of nitrogens with one attached hydrogen (secondary N) is 2. The van der Waals surface area contributed by atoms with Crippen LogP contribution >= 0.6 is 0 Å². The SMILES string of the molecule is CC(C=CC1=C(C)C(n2ccnc2)CCC1(C)C)=CC=CC(C)=CC(=O)Nc1ncc[nH]1. The molecule has 1 aliphatic rings. The van der Waals surface area contributed by atoms with Crippen LogP contribution in [0.1, 0.15) is 53.5 Å². The van der Waals surface area contributed by atoms with E-state index in [1.54, 1.807) is 18.5 Å². The normalized spacial score (nSPS) is 19.8. The average Bonchev–Trinajstić information content (AvgIpc) is 3.41. The molecule has 2 N–H and O–H groups in total. The van der Waals surface area contributed by atoms with Gasteiger partial charge in [0.25, 0.3) is 5.91 Å². The van der Waals surface area contributed by atoms with Crippen molar-refractivity contribution in [2.75, 3.05) is 5.32 Å². The number of hydrogen-bond acceptors (Lipinski definition) is 3. The lowest BCUT2D eigenvalue weighted by molar-refractivity contribution is -0.112. The summed E-state index contributed by atoms with van der Waals surface area (Å²) in [6.45, 7) is 10.9. The van der Waals surface area contributed by atoms with E-state index in [-0.39, 0.29) is 11.3 Å². The number of carbonyl (C=O) groups is 1. The molecule has 0 bridgehead atoms. The molecule has 168 valence electrons. The van der Waals surface area contributed by atoms with E-state index in [2.05, 4.69) is 77.0 Å². The maximum absolute atomic E-state index is 12.0. The summed E-state index contributed by atoms with van der Waals surface area (Å²) in [4.78, 5) is 23.0. The van der Waals surface area contributed by atoms with E-state index in [0.717, 1.165) is 24.0 Å². The third-order valence-electron chi connectivity index (χ3n) is 5.91. The second-order valence-corrected chi connectivity index (χ2v) is 8.96. The Kier molecular flexibility index (Phi) is 7.46. The maximum Gasteiger partial charge on any atom is 0.250 e. The Morgan fingerprint density at radius 2 is 2.06 bits per heavy atom. The smallest absolute Gasteiger partial charge is 0.250 e. The molecule has 0 aromatic carbocycles. The van der Waals surface area contributed by atoms with Gasteiger partial charge in [-0.25, -0.2) is 9.97 Å². The summed E-state index contributed by atoms with van der Waals surface area (Å²) in [5.74, 6) is 0.228. The Morgan fingerprint density at radius 1 is 1.25 bits per heavy atom. The third kappa shape index (κ3) is 6.06. The number of anilines is 1. The summed E-state index contributed by atoms with van der Waals surface area (Å²) in [5.41, 5.74) is 4.95. The van der Waals surface area contributed by atoms with Gasteiger partial charge in [0.2, 0.25) is 5.95 Å². The minimum atomic E-state index is -0.211. The van der Waals surface area contributed by atoms with Gasteiger partial charge in [0, 0.05) is 30.9 Å². The topological polar surface area (TPSA) is 75.6 Å². The number of aromatic amines is 1. The number of rotatable bonds is 7. The quantitative estimate of drug-likeness (QED) is 0.421. The molecule has 32 heavy (non-hydrogen) atoms. The van der Waals surface area contributed by atoms with Crippen LogP contribution in [0.25, 0.3) is 0 Å². The molecular weight excluding hydrogens is 398 g/mol. The average molecular weight is 432 g/mol. The highest BCUT2D eigenvalue weighted by Gasteiger charge is 2.32. The van der Waals surface area contributed by atoms with Crippen LogP contribution in [0, 0.1) is 5.41 Å². The predicted molar refractivity (Wildman–Crippen MR) is 130 cm³/mol. The first-order valence-electron chi connectivity index (χ1n) is 11.0. The molecule has 6 heteroatoms. The van der Waals surface area contributed by atoms with E-state index < -0.39 is 0 Å². The van der Waals surface area contributed by atoms with Crippen LogP contribution in [0.5, 0.6) is 0 Å². The van der Waals surface area contributed by atoms with Gasteiger partial charge in [-0.1, -0.05) is 49.8 Å². The lowest BCUT2D eigenvalue weighted by Gasteiger charge is -2.37. The van der Waals surface area contributed by atoms with Gasteiger partial charge >= 0.3 is 0 Å². The van der Waals surface area contributed by atoms with Crippen LogP contribution in [0.4, 0.5) is 5.95 Å². The Labute approximate surface area is 190 Å². The molecule has 0 spiro atoms. The van der Waals surface area contributed by atoms with Crippen molar-refractivity contribution in [3.05, 3.63) is 89.9 Å². The number of carbonyl (C=O) groups excluding carboxylic acids is 1. The van der Waals surface area contributed by atoms with Gasteiger partial charge in [0.05, 0.1) is 12.4 Å². The predicted octanol–water partition coefficient (Wildman–Crippen LogP) is 5.93. The third-order valence-corrected chi connectivity index (χ3v) is 5.91. The Morgan fingerprint density at radius 3 is 2.75 bits per heavy atom. The Bertz CT molecular complexity index is 1060. The first-order valence-corrected chi connectivity index (χ1v) is 11.0. The zero-order chi connectivity index (χ0) is 23.1. The molecule has 2 aromatic rings. The molecule has 3 rings (SSSR count). The molecular formula is C26H33N5O. The summed E-state index contributed by atoms with van der Waals surface area (Å²) in [6, 6.07) is 0.370. The summed E-state index contributed by atoms with van der Waals surface area (Å²) < 4.78 is 2.21. The highest BCUT2D eigenvalue weighted by atomic mass is 16.1. The van der Waals surface area contributed by atoms with Gasteiger partial charge in [-0.15, -0.1) is 0 Å².